The van der Waals surface area contributed by atoms with Crippen LogP contribution in [0.5, 0.6) is 0 Å². The average Bonchev–Trinajstić information content (AvgIpc) is 3.13. The number of imidazole rings is 1. The quantitative estimate of drug-likeness (QED) is 0.503. The summed E-state index contributed by atoms with van der Waals surface area (Å²) in [5.74, 6) is -0.556. The van der Waals surface area contributed by atoms with Gasteiger partial charge in [-0.25, -0.2) is 4.79 Å². The van der Waals surface area contributed by atoms with Crippen molar-refractivity contribution < 1.29 is 19.6 Å². The molecule has 1 saturated heterocycles. The van der Waals surface area contributed by atoms with Gasteiger partial charge in [0, 0.05) is 18.5 Å². The normalized spacial score (nSPS) is 17.4. The Kier molecular flexibility index (Phi) is 4.18. The van der Waals surface area contributed by atoms with Gasteiger partial charge in [0.05, 0.1) is 7.11 Å². The second kappa shape index (κ2) is 6.13. The number of piperidine rings is 1. The van der Waals surface area contributed by atoms with E-state index in [9.17, 15) is 20.0 Å². The lowest BCUT2D eigenvalue weighted by molar-refractivity contribution is -0.389. The summed E-state index contributed by atoms with van der Waals surface area (Å²) >= 11 is 1.34. The topological polar surface area (TPSA) is 110 Å². The molecule has 1 atom stereocenters. The molecular formula is C13H16N4O5S. The Bertz CT molecular complexity index is 734. The lowest BCUT2D eigenvalue weighted by Crippen LogP contribution is -2.41. The lowest BCUT2D eigenvalue weighted by atomic mass is 9.91. The maximum atomic E-state index is 11.4. The van der Waals surface area contributed by atoms with Crippen LogP contribution >= 0.6 is 11.3 Å². The number of rotatable bonds is 4. The number of ether oxygens (including phenoxy) is 1. The predicted octanol–water partition coefficient (Wildman–Crippen LogP) is 1.05. The molecule has 1 aliphatic rings. The number of aliphatic hydroxyl groups excluding tert-OH is 1. The number of esters is 1. The standard InChI is InChI=1S/C13H16N4O5S/c1-22-12(19)9(18)8-2-4-15(5-3-8)10-11(17(20)21)16-6-7-23-13(16)14-10/h6-9,18H,2-5H2,1H3. The van der Waals surface area contributed by atoms with Crippen LogP contribution in [0.2, 0.25) is 0 Å². The molecule has 0 radical (unpaired) electrons. The van der Waals surface area contributed by atoms with Gasteiger partial charge < -0.3 is 24.9 Å². The van der Waals surface area contributed by atoms with E-state index in [1.807, 2.05) is 4.90 Å². The van der Waals surface area contributed by atoms with Crippen molar-refractivity contribution in [2.75, 3.05) is 25.1 Å². The van der Waals surface area contributed by atoms with Crippen LogP contribution < -0.4 is 4.90 Å². The first-order valence-electron chi connectivity index (χ1n) is 7.13. The molecule has 0 aromatic carbocycles. The monoisotopic (exact) mass is 340 g/mol. The number of nitro groups is 1. The molecule has 9 nitrogen and oxygen atoms in total. The second-order valence-corrected chi connectivity index (χ2v) is 6.24. The summed E-state index contributed by atoms with van der Waals surface area (Å²) in [6, 6.07) is 0. The number of anilines is 1. The molecule has 0 amide bonds. The number of fused-ring (bicyclic) bond motifs is 1. The first-order chi connectivity index (χ1) is 11.0. The number of carbonyl (C=O) groups excluding carboxylic acids is 1. The van der Waals surface area contributed by atoms with Gasteiger partial charge in [0.25, 0.3) is 4.96 Å². The van der Waals surface area contributed by atoms with Crippen LogP contribution in [-0.4, -0.2) is 51.7 Å². The molecule has 1 unspecified atom stereocenters. The van der Waals surface area contributed by atoms with Crippen LogP contribution in [0.15, 0.2) is 11.6 Å². The average molecular weight is 340 g/mol. The van der Waals surface area contributed by atoms with Gasteiger partial charge in [0.15, 0.2) is 6.10 Å². The molecule has 0 saturated carbocycles. The Morgan fingerprint density at radius 3 is 2.87 bits per heavy atom. The summed E-state index contributed by atoms with van der Waals surface area (Å²) in [5, 5.41) is 23.0. The summed E-state index contributed by atoms with van der Waals surface area (Å²) in [5.41, 5.74) is 0. The van der Waals surface area contributed by atoms with Crippen molar-refractivity contribution in [3.8, 4) is 0 Å². The fourth-order valence-electron chi connectivity index (χ4n) is 2.88. The van der Waals surface area contributed by atoms with Crippen molar-refractivity contribution in [2.45, 2.75) is 18.9 Å². The Morgan fingerprint density at radius 1 is 1.57 bits per heavy atom. The van der Waals surface area contributed by atoms with Crippen molar-refractivity contribution in [2.24, 2.45) is 5.92 Å². The van der Waals surface area contributed by atoms with Crippen LogP contribution in [-0.2, 0) is 9.53 Å². The smallest absolute Gasteiger partial charge is 0.373 e. The van der Waals surface area contributed by atoms with Gasteiger partial charge >= 0.3 is 11.8 Å². The minimum absolute atomic E-state index is 0.0479. The molecule has 1 N–H and O–H groups in total. The predicted molar refractivity (Wildman–Crippen MR) is 82.7 cm³/mol. The molecule has 3 rings (SSSR count). The Balaban J connectivity index is 1.78. The molecule has 2 aromatic rings. The van der Waals surface area contributed by atoms with E-state index in [2.05, 4.69) is 9.72 Å². The lowest BCUT2D eigenvalue weighted by Gasteiger charge is -2.33. The first kappa shape index (κ1) is 15.7. The van der Waals surface area contributed by atoms with Crippen LogP contribution in [0.25, 0.3) is 4.96 Å². The molecule has 2 aromatic heterocycles. The van der Waals surface area contributed by atoms with Crippen molar-refractivity contribution in [1.82, 2.24) is 9.38 Å². The van der Waals surface area contributed by atoms with Gasteiger partial charge in [0.1, 0.15) is 6.20 Å². The van der Waals surface area contributed by atoms with Crippen molar-refractivity contribution in [1.29, 1.82) is 0 Å². The molecule has 0 bridgehead atoms. The van der Waals surface area contributed by atoms with E-state index >= 15 is 0 Å². The van der Waals surface area contributed by atoms with Crippen molar-refractivity contribution in [3.63, 3.8) is 0 Å². The maximum Gasteiger partial charge on any atom is 0.373 e. The molecule has 0 aliphatic carbocycles. The van der Waals surface area contributed by atoms with Crippen LogP contribution in [0.3, 0.4) is 0 Å². The van der Waals surface area contributed by atoms with Gasteiger partial charge in [-0.3, -0.25) is 0 Å². The SMILES string of the molecule is COC(=O)C(O)C1CCN(c2nc3sccn3c2[N+](=O)[O-])CC1. The maximum absolute atomic E-state index is 11.4. The minimum atomic E-state index is -1.15. The van der Waals surface area contributed by atoms with Gasteiger partial charge in [-0.2, -0.15) is 9.38 Å². The van der Waals surface area contributed by atoms with Gasteiger partial charge in [-0.15, -0.1) is 0 Å². The fourth-order valence-corrected chi connectivity index (χ4v) is 3.59. The molecule has 1 fully saturated rings. The molecule has 3 heterocycles. The molecule has 10 heteroatoms. The van der Waals surface area contributed by atoms with Crippen LogP contribution in [0, 0.1) is 16.0 Å². The number of carbonyl (C=O) groups is 1. The molecule has 23 heavy (non-hydrogen) atoms. The van der Waals surface area contributed by atoms with E-state index in [0.29, 0.717) is 36.7 Å². The summed E-state index contributed by atoms with van der Waals surface area (Å²) < 4.78 is 6.02. The number of thiazole rings is 1. The van der Waals surface area contributed by atoms with E-state index < -0.39 is 17.0 Å². The van der Waals surface area contributed by atoms with E-state index in [1.165, 1.54) is 22.8 Å². The van der Waals surface area contributed by atoms with E-state index in [-0.39, 0.29) is 11.7 Å². The van der Waals surface area contributed by atoms with Gasteiger partial charge in [-0.05, 0) is 23.7 Å². The number of aliphatic hydroxyl groups is 1. The zero-order chi connectivity index (χ0) is 16.6. The molecule has 124 valence electrons. The Hall–Kier alpha value is -2.20. The molecular weight excluding hydrogens is 324 g/mol. The summed E-state index contributed by atoms with van der Waals surface area (Å²) in [6.45, 7) is 0.981. The van der Waals surface area contributed by atoms with Gasteiger partial charge in [0.2, 0.25) is 5.82 Å². The highest BCUT2D eigenvalue weighted by Crippen LogP contribution is 2.34. The third-order valence-electron chi connectivity index (χ3n) is 4.12. The first-order valence-corrected chi connectivity index (χ1v) is 8.01. The Labute approximate surface area is 135 Å². The fraction of sp³-hybridized carbons (Fsp3) is 0.538. The minimum Gasteiger partial charge on any atom is -0.467 e. The van der Waals surface area contributed by atoms with Crippen LogP contribution in [0.1, 0.15) is 12.8 Å². The molecule has 0 spiro atoms. The zero-order valence-electron chi connectivity index (χ0n) is 12.4. The highest BCUT2D eigenvalue weighted by molar-refractivity contribution is 7.15. The highest BCUT2D eigenvalue weighted by atomic mass is 32.1. The van der Waals surface area contributed by atoms with Crippen molar-refractivity contribution in [3.05, 3.63) is 21.7 Å². The summed E-state index contributed by atoms with van der Waals surface area (Å²) in [7, 11) is 1.24. The largest absolute Gasteiger partial charge is 0.467 e. The number of nitrogens with zero attached hydrogens (tertiary/aromatic N) is 4. The second-order valence-electron chi connectivity index (χ2n) is 5.36. The number of methoxy groups -OCH3 is 1. The molecule has 1 aliphatic heterocycles. The number of aromatic nitrogens is 2. The highest BCUT2D eigenvalue weighted by Gasteiger charge is 2.34. The Morgan fingerprint density at radius 2 is 2.26 bits per heavy atom. The summed E-state index contributed by atoms with van der Waals surface area (Å²) in [6.07, 6.45) is 1.56. The van der Waals surface area contributed by atoms with E-state index in [0.717, 1.165) is 0 Å². The van der Waals surface area contributed by atoms with E-state index in [1.54, 1.807) is 11.6 Å². The van der Waals surface area contributed by atoms with E-state index in [4.69, 9.17) is 0 Å². The zero-order valence-corrected chi connectivity index (χ0v) is 13.2. The van der Waals surface area contributed by atoms with Crippen molar-refractivity contribution >= 4 is 33.9 Å². The summed E-state index contributed by atoms with van der Waals surface area (Å²) in [4.78, 5) is 29.1. The number of hydrogen-bond donors (Lipinski definition) is 1. The van der Waals surface area contributed by atoms with Gasteiger partial charge in [-0.1, -0.05) is 11.3 Å². The number of hydrogen-bond acceptors (Lipinski definition) is 8. The van der Waals surface area contributed by atoms with Crippen LogP contribution in [0.4, 0.5) is 11.6 Å². The third-order valence-corrected chi connectivity index (χ3v) is 4.88. The third kappa shape index (κ3) is 2.75.